The summed E-state index contributed by atoms with van der Waals surface area (Å²) in [5, 5.41) is 10.8. The number of primary amides is 1. The number of carbonyl (C=O) groups excluding carboxylic acids is 2. The summed E-state index contributed by atoms with van der Waals surface area (Å²) in [5.74, 6) is -0.810. The molecule has 1 unspecified atom stereocenters. The summed E-state index contributed by atoms with van der Waals surface area (Å²) in [6.07, 6.45) is -0.298. The van der Waals surface area contributed by atoms with Gasteiger partial charge in [-0.1, -0.05) is 6.92 Å². The number of hydrogen-bond acceptors (Lipinski definition) is 5. The van der Waals surface area contributed by atoms with Gasteiger partial charge in [0, 0.05) is 12.1 Å². The molecule has 0 aliphatic carbocycles. The van der Waals surface area contributed by atoms with Crippen molar-refractivity contribution in [3.8, 4) is 5.75 Å². The van der Waals surface area contributed by atoms with E-state index >= 15 is 0 Å². The molecule has 1 aromatic carbocycles. The summed E-state index contributed by atoms with van der Waals surface area (Å²) in [7, 11) is 0. The van der Waals surface area contributed by atoms with Crippen LogP contribution in [0.1, 0.15) is 13.3 Å². The molecule has 20 heavy (non-hydrogen) atoms. The van der Waals surface area contributed by atoms with Gasteiger partial charge in [-0.15, -0.1) is 0 Å². The lowest BCUT2D eigenvalue weighted by molar-refractivity contribution is -0.384. The molecule has 0 aromatic heterocycles. The summed E-state index contributed by atoms with van der Waals surface area (Å²) in [6, 6.07) is 3.89. The number of nitro groups is 1. The number of amides is 2. The van der Waals surface area contributed by atoms with Gasteiger partial charge in [0.05, 0.1) is 10.6 Å². The molecule has 1 atom stereocenters. The van der Waals surface area contributed by atoms with E-state index in [1.165, 1.54) is 18.2 Å². The number of anilines is 1. The van der Waals surface area contributed by atoms with Crippen LogP contribution in [0.15, 0.2) is 18.2 Å². The van der Waals surface area contributed by atoms with E-state index in [4.69, 9.17) is 10.5 Å². The smallest absolute Gasteiger partial charge is 0.271 e. The van der Waals surface area contributed by atoms with Gasteiger partial charge in [0.25, 0.3) is 11.6 Å². The Bertz CT molecular complexity index is 586. The molecule has 1 heterocycles. The van der Waals surface area contributed by atoms with Crippen molar-refractivity contribution in [1.29, 1.82) is 0 Å². The van der Waals surface area contributed by atoms with Crippen LogP contribution >= 0.6 is 0 Å². The maximum Gasteiger partial charge on any atom is 0.271 e. The van der Waals surface area contributed by atoms with Crippen LogP contribution in [0.4, 0.5) is 11.4 Å². The zero-order valence-corrected chi connectivity index (χ0v) is 10.7. The van der Waals surface area contributed by atoms with Crippen molar-refractivity contribution in [1.82, 2.24) is 0 Å². The van der Waals surface area contributed by atoms with Crippen LogP contribution in [0.25, 0.3) is 0 Å². The Morgan fingerprint density at radius 1 is 1.55 bits per heavy atom. The van der Waals surface area contributed by atoms with E-state index in [0.29, 0.717) is 12.2 Å². The largest absolute Gasteiger partial charge is 0.478 e. The minimum absolute atomic E-state index is 0.188. The molecule has 2 rings (SSSR count). The number of rotatable bonds is 4. The monoisotopic (exact) mass is 279 g/mol. The average Bonchev–Trinajstić information content (AvgIpc) is 2.40. The van der Waals surface area contributed by atoms with Gasteiger partial charge in [-0.2, -0.15) is 0 Å². The molecule has 2 N–H and O–H groups in total. The summed E-state index contributed by atoms with van der Waals surface area (Å²) in [4.78, 5) is 34.6. The Kier molecular flexibility index (Phi) is 3.55. The molecule has 1 aliphatic heterocycles. The highest BCUT2D eigenvalue weighted by Gasteiger charge is 2.35. The molecule has 0 saturated carbocycles. The van der Waals surface area contributed by atoms with E-state index in [1.54, 1.807) is 6.92 Å². The number of non-ortho nitro benzene ring substituents is 1. The Morgan fingerprint density at radius 2 is 2.25 bits per heavy atom. The second kappa shape index (κ2) is 5.16. The number of benzene rings is 1. The second-order valence-electron chi connectivity index (χ2n) is 4.31. The minimum atomic E-state index is -0.719. The first-order valence-electron chi connectivity index (χ1n) is 5.98. The number of ether oxygens (including phenoxy) is 1. The van der Waals surface area contributed by atoms with Crippen molar-refractivity contribution < 1.29 is 19.2 Å². The molecule has 8 heteroatoms. The summed E-state index contributed by atoms with van der Waals surface area (Å²) < 4.78 is 5.47. The van der Waals surface area contributed by atoms with Crippen LogP contribution in [0, 0.1) is 10.1 Å². The predicted molar refractivity (Wildman–Crippen MR) is 69.4 cm³/mol. The molecule has 0 saturated heterocycles. The van der Waals surface area contributed by atoms with Gasteiger partial charge in [-0.25, -0.2) is 0 Å². The summed E-state index contributed by atoms with van der Waals surface area (Å²) >= 11 is 0. The molecular weight excluding hydrogens is 266 g/mol. The van der Waals surface area contributed by atoms with Crippen LogP contribution in [0.3, 0.4) is 0 Å². The molecule has 0 bridgehead atoms. The van der Waals surface area contributed by atoms with Crippen LogP contribution < -0.4 is 15.4 Å². The predicted octanol–water partition coefficient (Wildman–Crippen LogP) is 0.584. The van der Waals surface area contributed by atoms with Gasteiger partial charge >= 0.3 is 0 Å². The molecule has 0 fully saturated rings. The maximum atomic E-state index is 12.2. The van der Waals surface area contributed by atoms with Crippen molar-refractivity contribution in [3.63, 3.8) is 0 Å². The van der Waals surface area contributed by atoms with Gasteiger partial charge in [0.2, 0.25) is 5.91 Å². The highest BCUT2D eigenvalue weighted by atomic mass is 16.6. The van der Waals surface area contributed by atoms with Crippen molar-refractivity contribution >= 4 is 23.2 Å². The third kappa shape index (κ3) is 2.40. The topological polar surface area (TPSA) is 116 Å². The zero-order chi connectivity index (χ0) is 14.9. The molecule has 0 radical (unpaired) electrons. The highest BCUT2D eigenvalue weighted by Crippen LogP contribution is 2.37. The summed E-state index contributed by atoms with van der Waals surface area (Å²) in [6.45, 7) is 1.42. The lowest BCUT2D eigenvalue weighted by Gasteiger charge is -2.33. The van der Waals surface area contributed by atoms with E-state index in [9.17, 15) is 19.7 Å². The zero-order valence-electron chi connectivity index (χ0n) is 10.7. The number of nitrogens with two attached hydrogens (primary N) is 1. The number of hydrogen-bond donors (Lipinski definition) is 1. The first-order chi connectivity index (χ1) is 9.43. The lowest BCUT2D eigenvalue weighted by Crippen LogP contribution is -2.48. The summed E-state index contributed by atoms with van der Waals surface area (Å²) in [5.41, 5.74) is 5.12. The molecule has 2 amide bonds. The van der Waals surface area contributed by atoms with Crippen LogP contribution in [0.5, 0.6) is 5.75 Å². The van der Waals surface area contributed by atoms with Crippen LogP contribution in [-0.2, 0) is 9.59 Å². The second-order valence-corrected chi connectivity index (χ2v) is 4.31. The fraction of sp³-hybridized carbons (Fsp3) is 0.333. The third-order valence-electron chi connectivity index (χ3n) is 2.94. The SMILES string of the molecule is CCC1Oc2ccc([N+](=O)[O-])cc2N(CC(N)=O)C1=O. The Hall–Kier alpha value is -2.64. The number of fused-ring (bicyclic) bond motifs is 1. The molecule has 1 aromatic rings. The van der Waals surface area contributed by atoms with Crippen LogP contribution in [0.2, 0.25) is 0 Å². The van der Waals surface area contributed by atoms with E-state index < -0.39 is 22.8 Å². The molecule has 0 spiro atoms. The first-order valence-corrected chi connectivity index (χ1v) is 5.98. The molecule has 1 aliphatic rings. The van der Waals surface area contributed by atoms with Crippen molar-refractivity contribution in [2.24, 2.45) is 5.73 Å². The van der Waals surface area contributed by atoms with E-state index in [1.807, 2.05) is 0 Å². The fourth-order valence-corrected chi connectivity index (χ4v) is 2.00. The number of nitro benzene ring substituents is 1. The highest BCUT2D eigenvalue weighted by molar-refractivity contribution is 6.03. The Labute approximate surface area is 114 Å². The van der Waals surface area contributed by atoms with Gasteiger partial charge in [-0.3, -0.25) is 24.6 Å². The van der Waals surface area contributed by atoms with Crippen molar-refractivity contribution in [2.45, 2.75) is 19.4 Å². The Balaban J connectivity index is 2.50. The van der Waals surface area contributed by atoms with Gasteiger partial charge < -0.3 is 10.5 Å². The van der Waals surface area contributed by atoms with Crippen LogP contribution in [-0.4, -0.2) is 29.4 Å². The number of nitrogens with zero attached hydrogens (tertiary/aromatic N) is 2. The average molecular weight is 279 g/mol. The normalized spacial score (nSPS) is 17.4. The maximum absolute atomic E-state index is 12.2. The first kappa shape index (κ1) is 13.8. The van der Waals surface area contributed by atoms with Gasteiger partial charge in [-0.05, 0) is 12.5 Å². The minimum Gasteiger partial charge on any atom is -0.478 e. The Morgan fingerprint density at radius 3 is 2.80 bits per heavy atom. The third-order valence-corrected chi connectivity index (χ3v) is 2.94. The van der Waals surface area contributed by atoms with Crippen molar-refractivity contribution in [3.05, 3.63) is 28.3 Å². The van der Waals surface area contributed by atoms with E-state index in [-0.39, 0.29) is 17.9 Å². The number of carbonyl (C=O) groups is 2. The van der Waals surface area contributed by atoms with E-state index in [0.717, 1.165) is 4.90 Å². The van der Waals surface area contributed by atoms with Gasteiger partial charge in [0.15, 0.2) is 6.10 Å². The van der Waals surface area contributed by atoms with Gasteiger partial charge in [0.1, 0.15) is 12.3 Å². The fourth-order valence-electron chi connectivity index (χ4n) is 2.00. The molecule has 8 nitrogen and oxygen atoms in total. The lowest BCUT2D eigenvalue weighted by atomic mass is 10.1. The molecular formula is C12H13N3O5. The standard InChI is InChI=1S/C12H13N3O5/c1-2-9-12(17)14(6-11(13)16)8-5-7(15(18)19)3-4-10(8)20-9/h3-5,9H,2,6H2,1H3,(H2,13,16). The van der Waals surface area contributed by atoms with Crippen molar-refractivity contribution in [2.75, 3.05) is 11.4 Å². The molecule has 106 valence electrons. The quantitative estimate of drug-likeness (QED) is 0.639. The van der Waals surface area contributed by atoms with E-state index in [2.05, 4.69) is 0 Å².